The number of sulfonamides is 1. The molecule has 0 bridgehead atoms. The second-order valence-electron chi connectivity index (χ2n) is 5.02. The average Bonchev–Trinajstić information content (AvgIpc) is 2.41. The Morgan fingerprint density at radius 1 is 1.30 bits per heavy atom. The summed E-state index contributed by atoms with van der Waals surface area (Å²) >= 11 is 17.4. The first-order valence-electron chi connectivity index (χ1n) is 6.52. The molecule has 1 rings (SSSR count). The van der Waals surface area contributed by atoms with Gasteiger partial charge < -0.3 is 4.74 Å². The van der Waals surface area contributed by atoms with Crippen LogP contribution in [0.4, 0.5) is 0 Å². The summed E-state index contributed by atoms with van der Waals surface area (Å²) in [4.78, 5) is 11.8. The molecule has 0 saturated heterocycles. The molecule has 0 aromatic heterocycles. The zero-order valence-corrected chi connectivity index (χ0v) is 15.6. The van der Waals surface area contributed by atoms with Crippen LogP contribution in [0.1, 0.15) is 13.8 Å². The third-order valence-corrected chi connectivity index (χ3v) is 5.27. The van der Waals surface area contributed by atoms with Gasteiger partial charge in [-0.2, -0.15) is 4.72 Å². The average molecular weight is 401 g/mol. The van der Waals surface area contributed by atoms with Crippen molar-refractivity contribution in [3.8, 4) is 0 Å². The fourth-order valence-corrected chi connectivity index (χ4v) is 4.19. The number of halogens is 3. The second-order valence-corrected chi connectivity index (χ2v) is 8.02. The van der Waals surface area contributed by atoms with Crippen LogP contribution < -0.4 is 4.72 Å². The van der Waals surface area contributed by atoms with Gasteiger partial charge in [0.25, 0.3) is 0 Å². The Labute approximate surface area is 150 Å². The van der Waals surface area contributed by atoms with E-state index < -0.39 is 22.0 Å². The summed E-state index contributed by atoms with van der Waals surface area (Å²) in [6.07, 6.45) is 0. The Balaban J connectivity index is 3.08. The van der Waals surface area contributed by atoms with E-state index in [1.807, 2.05) is 0 Å². The number of nitrogens with one attached hydrogen (secondary N) is 1. The highest BCUT2D eigenvalue weighted by Gasteiger charge is 2.31. The molecule has 0 aliphatic carbocycles. The van der Waals surface area contributed by atoms with E-state index in [0.29, 0.717) is 0 Å². The molecule has 1 unspecified atom stereocenters. The first-order chi connectivity index (χ1) is 10.6. The summed E-state index contributed by atoms with van der Waals surface area (Å²) in [6, 6.07) is 3.18. The minimum atomic E-state index is -4.12. The van der Waals surface area contributed by atoms with Crippen LogP contribution in [0.2, 0.25) is 10.0 Å². The molecule has 9 heteroatoms. The van der Waals surface area contributed by atoms with E-state index in [1.165, 1.54) is 18.2 Å². The minimum absolute atomic E-state index is 0.0463. The summed E-state index contributed by atoms with van der Waals surface area (Å²) < 4.78 is 32.2. The first-order valence-corrected chi connectivity index (χ1v) is 9.14. The summed E-state index contributed by atoms with van der Waals surface area (Å²) in [6.45, 7) is 6.51. The zero-order chi connectivity index (χ0) is 17.8. The van der Waals surface area contributed by atoms with Gasteiger partial charge >= 0.3 is 5.97 Å². The number of esters is 1. The molecule has 0 aliphatic heterocycles. The van der Waals surface area contributed by atoms with Crippen LogP contribution in [-0.2, 0) is 19.6 Å². The van der Waals surface area contributed by atoms with Crippen LogP contribution in [0.15, 0.2) is 34.7 Å². The number of carbonyl (C=O) groups is 1. The van der Waals surface area contributed by atoms with Crippen molar-refractivity contribution in [2.45, 2.75) is 24.8 Å². The van der Waals surface area contributed by atoms with Crippen molar-refractivity contribution >= 4 is 50.8 Å². The Kier molecular flexibility index (Phi) is 7.35. The molecule has 0 spiro atoms. The molecule has 128 valence electrons. The van der Waals surface area contributed by atoms with Gasteiger partial charge in [0.1, 0.15) is 17.5 Å². The van der Waals surface area contributed by atoms with Crippen molar-refractivity contribution in [1.29, 1.82) is 0 Å². The smallest absolute Gasteiger partial charge is 0.324 e. The van der Waals surface area contributed by atoms with Gasteiger partial charge in [0.05, 0.1) is 10.0 Å². The van der Waals surface area contributed by atoms with Crippen molar-refractivity contribution in [2.75, 3.05) is 6.61 Å². The molecule has 0 aliphatic rings. The van der Waals surface area contributed by atoms with Gasteiger partial charge in [-0.3, -0.25) is 4.79 Å². The fraction of sp³-hybridized carbons (Fsp3) is 0.357. The summed E-state index contributed by atoms with van der Waals surface area (Å²) in [5.41, 5.74) is 0. The van der Waals surface area contributed by atoms with E-state index in [1.54, 1.807) is 13.8 Å². The molecule has 23 heavy (non-hydrogen) atoms. The molecule has 0 saturated carbocycles. The second kappa shape index (κ2) is 8.35. The molecule has 1 aromatic rings. The van der Waals surface area contributed by atoms with E-state index in [0.717, 1.165) is 0 Å². The molecule has 0 fully saturated rings. The summed E-state index contributed by atoms with van der Waals surface area (Å²) in [5, 5.41) is 0.0304. The Morgan fingerprint density at radius 2 is 1.83 bits per heavy atom. The van der Waals surface area contributed by atoms with Crippen LogP contribution in [0.5, 0.6) is 0 Å². The van der Waals surface area contributed by atoms with Crippen molar-refractivity contribution in [3.63, 3.8) is 0 Å². The number of carbonyl (C=O) groups excluding carboxylic acids is 1. The van der Waals surface area contributed by atoms with E-state index in [4.69, 9.17) is 39.5 Å². The van der Waals surface area contributed by atoms with Crippen LogP contribution in [-0.4, -0.2) is 27.0 Å². The van der Waals surface area contributed by atoms with E-state index in [-0.39, 0.29) is 32.5 Å². The highest BCUT2D eigenvalue weighted by Crippen LogP contribution is 2.29. The van der Waals surface area contributed by atoms with Crippen LogP contribution >= 0.6 is 34.8 Å². The lowest BCUT2D eigenvalue weighted by atomic mass is 10.1. The fourth-order valence-electron chi connectivity index (χ4n) is 1.66. The molecule has 5 nitrogen and oxygen atoms in total. The number of hydrogen-bond donors (Lipinski definition) is 1. The molecular formula is C14H16Cl3NO4S. The van der Waals surface area contributed by atoms with E-state index >= 15 is 0 Å². The maximum Gasteiger partial charge on any atom is 0.324 e. The SMILES string of the molecule is C=C(Cl)COC(=O)C(NS(=O)(=O)c1c(Cl)cccc1Cl)C(C)C. The van der Waals surface area contributed by atoms with Gasteiger partial charge in [-0.1, -0.05) is 61.3 Å². The first kappa shape index (κ1) is 20.3. The number of benzene rings is 1. The van der Waals surface area contributed by atoms with E-state index in [2.05, 4.69) is 11.3 Å². The van der Waals surface area contributed by atoms with Crippen LogP contribution in [0.25, 0.3) is 0 Å². The molecule has 0 radical (unpaired) electrons. The molecule has 1 atom stereocenters. The number of ether oxygens (including phenoxy) is 1. The number of hydrogen-bond acceptors (Lipinski definition) is 4. The lowest BCUT2D eigenvalue weighted by Gasteiger charge is -2.21. The quantitative estimate of drug-likeness (QED) is 0.710. The summed E-state index contributed by atoms with van der Waals surface area (Å²) in [5.74, 6) is -1.14. The zero-order valence-electron chi connectivity index (χ0n) is 12.5. The number of rotatable bonds is 7. The standard InChI is InChI=1S/C14H16Cl3NO4S/c1-8(2)12(14(19)22-7-9(3)15)18-23(20,21)13-10(16)5-4-6-11(13)17/h4-6,8,12,18H,3,7H2,1-2H3. The van der Waals surface area contributed by atoms with Gasteiger partial charge in [0.15, 0.2) is 0 Å². The molecule has 1 N–H and O–H groups in total. The lowest BCUT2D eigenvalue weighted by molar-refractivity contribution is -0.145. The molecular weight excluding hydrogens is 385 g/mol. The van der Waals surface area contributed by atoms with Crippen molar-refractivity contribution in [3.05, 3.63) is 39.9 Å². The lowest BCUT2D eigenvalue weighted by Crippen LogP contribution is -2.45. The topological polar surface area (TPSA) is 72.5 Å². The highest BCUT2D eigenvalue weighted by molar-refractivity contribution is 7.89. The van der Waals surface area contributed by atoms with E-state index in [9.17, 15) is 13.2 Å². The van der Waals surface area contributed by atoms with Gasteiger partial charge in [0, 0.05) is 5.03 Å². The van der Waals surface area contributed by atoms with Gasteiger partial charge in [-0.25, -0.2) is 8.42 Å². The predicted octanol–water partition coefficient (Wildman–Crippen LogP) is 3.59. The third kappa shape index (κ3) is 5.65. The van der Waals surface area contributed by atoms with Crippen molar-refractivity contribution in [2.24, 2.45) is 5.92 Å². The minimum Gasteiger partial charge on any atom is -0.459 e. The molecule has 0 amide bonds. The van der Waals surface area contributed by atoms with Crippen molar-refractivity contribution in [1.82, 2.24) is 4.72 Å². The normalized spacial score (nSPS) is 13.0. The predicted molar refractivity (Wildman–Crippen MR) is 91.4 cm³/mol. The summed E-state index contributed by atoms with van der Waals surface area (Å²) in [7, 11) is -4.12. The maximum atomic E-state index is 12.5. The highest BCUT2D eigenvalue weighted by atomic mass is 35.5. The Morgan fingerprint density at radius 3 is 2.26 bits per heavy atom. The van der Waals surface area contributed by atoms with Crippen molar-refractivity contribution < 1.29 is 17.9 Å². The van der Waals surface area contributed by atoms with Crippen LogP contribution in [0.3, 0.4) is 0 Å². The van der Waals surface area contributed by atoms with Gasteiger partial charge in [-0.05, 0) is 18.1 Å². The van der Waals surface area contributed by atoms with Gasteiger partial charge in [0.2, 0.25) is 10.0 Å². The maximum absolute atomic E-state index is 12.5. The Hall–Kier alpha value is -0.790. The van der Waals surface area contributed by atoms with Gasteiger partial charge in [-0.15, -0.1) is 0 Å². The van der Waals surface area contributed by atoms with Crippen LogP contribution in [0, 0.1) is 5.92 Å². The molecule has 0 heterocycles. The third-order valence-electron chi connectivity index (χ3n) is 2.76. The Bertz CT molecular complexity index is 684. The molecule has 1 aromatic carbocycles. The largest absolute Gasteiger partial charge is 0.459 e. The monoisotopic (exact) mass is 399 g/mol.